The van der Waals surface area contributed by atoms with Crippen molar-refractivity contribution < 1.29 is 9.53 Å². The summed E-state index contributed by atoms with van der Waals surface area (Å²) < 4.78 is 5.25. The molecule has 0 aromatic carbocycles. The molecule has 1 heterocycles. The van der Waals surface area contributed by atoms with Crippen LogP contribution in [0.5, 0.6) is 0 Å². The molecular formula is C10H14N2O2. The van der Waals surface area contributed by atoms with Gasteiger partial charge in [-0.05, 0) is 13.3 Å². The second-order valence-corrected chi connectivity index (χ2v) is 4.31. The lowest BCUT2D eigenvalue weighted by Gasteiger charge is -2.15. The average molecular weight is 194 g/mol. The first-order valence-corrected chi connectivity index (χ1v) is 4.95. The van der Waals surface area contributed by atoms with Gasteiger partial charge in [-0.1, -0.05) is 0 Å². The van der Waals surface area contributed by atoms with Crippen molar-refractivity contribution in [3.63, 3.8) is 0 Å². The van der Waals surface area contributed by atoms with Gasteiger partial charge in [0.1, 0.15) is 0 Å². The Morgan fingerprint density at radius 2 is 2.64 bits per heavy atom. The van der Waals surface area contributed by atoms with Crippen molar-refractivity contribution in [1.29, 1.82) is 5.26 Å². The highest BCUT2D eigenvalue weighted by Gasteiger charge is 2.63. The molecule has 0 aromatic heterocycles. The van der Waals surface area contributed by atoms with Crippen LogP contribution < -0.4 is 5.32 Å². The van der Waals surface area contributed by atoms with E-state index in [-0.39, 0.29) is 17.4 Å². The molecule has 3 atom stereocenters. The van der Waals surface area contributed by atoms with Crippen molar-refractivity contribution in [2.75, 3.05) is 13.2 Å². The summed E-state index contributed by atoms with van der Waals surface area (Å²) in [6.07, 6.45) is 1.32. The number of carbonyl (C=O) groups excluding carboxylic acids is 1. The van der Waals surface area contributed by atoms with Crippen LogP contribution in [0.15, 0.2) is 0 Å². The Kier molecular flexibility index (Phi) is 2.20. The molecule has 1 saturated heterocycles. The summed E-state index contributed by atoms with van der Waals surface area (Å²) in [5, 5.41) is 11.3. The van der Waals surface area contributed by atoms with Crippen molar-refractivity contribution in [3.05, 3.63) is 0 Å². The lowest BCUT2D eigenvalue weighted by atomic mass is 10.1. The first kappa shape index (κ1) is 9.47. The zero-order valence-electron chi connectivity index (χ0n) is 8.25. The molecule has 2 rings (SSSR count). The third kappa shape index (κ3) is 1.38. The highest BCUT2D eigenvalue weighted by atomic mass is 16.5. The van der Waals surface area contributed by atoms with Crippen LogP contribution in [0.2, 0.25) is 0 Å². The Morgan fingerprint density at radius 1 is 1.86 bits per heavy atom. The van der Waals surface area contributed by atoms with Gasteiger partial charge in [0.05, 0.1) is 31.1 Å². The van der Waals surface area contributed by atoms with Gasteiger partial charge >= 0.3 is 0 Å². The number of hydrogen-bond acceptors (Lipinski definition) is 3. The van der Waals surface area contributed by atoms with Crippen molar-refractivity contribution in [2.45, 2.75) is 25.8 Å². The second-order valence-electron chi connectivity index (χ2n) is 4.31. The van der Waals surface area contributed by atoms with Crippen molar-refractivity contribution in [3.8, 4) is 6.07 Å². The third-order valence-corrected chi connectivity index (χ3v) is 3.14. The molecule has 1 aliphatic carbocycles. The van der Waals surface area contributed by atoms with Gasteiger partial charge in [-0.15, -0.1) is 0 Å². The van der Waals surface area contributed by atoms with Gasteiger partial charge in [0.25, 0.3) is 0 Å². The minimum atomic E-state index is -0.232. The molecule has 14 heavy (non-hydrogen) atoms. The van der Waals surface area contributed by atoms with E-state index < -0.39 is 0 Å². The number of nitrogens with one attached hydrogen (secondary N) is 1. The molecule has 2 aliphatic rings. The topological polar surface area (TPSA) is 62.1 Å². The van der Waals surface area contributed by atoms with E-state index in [0.717, 1.165) is 13.0 Å². The molecule has 1 amide bonds. The van der Waals surface area contributed by atoms with Gasteiger partial charge in [-0.3, -0.25) is 4.79 Å². The molecule has 1 aliphatic heterocycles. The number of hydrogen-bond donors (Lipinski definition) is 1. The molecule has 0 spiro atoms. The summed E-state index contributed by atoms with van der Waals surface area (Å²) in [6, 6.07) is 1.99. The number of fused-ring (bicyclic) bond motifs is 1. The summed E-state index contributed by atoms with van der Waals surface area (Å²) in [5.74, 6) is 0.500. The largest absolute Gasteiger partial charge is 0.380 e. The van der Waals surface area contributed by atoms with E-state index in [9.17, 15) is 4.79 Å². The zero-order chi connectivity index (χ0) is 10.2. The Bertz CT molecular complexity index is 297. The summed E-state index contributed by atoms with van der Waals surface area (Å²) in [6.45, 7) is 3.13. The van der Waals surface area contributed by atoms with Crippen LogP contribution in [0, 0.1) is 22.7 Å². The number of amides is 1. The van der Waals surface area contributed by atoms with Crippen LogP contribution in [-0.4, -0.2) is 25.2 Å². The Morgan fingerprint density at radius 3 is 3.14 bits per heavy atom. The fourth-order valence-corrected chi connectivity index (χ4v) is 2.06. The molecule has 0 bridgehead atoms. The molecule has 4 nitrogen and oxygen atoms in total. The number of nitrogens with zero attached hydrogens (tertiary/aromatic N) is 1. The number of rotatable bonds is 3. The molecular weight excluding hydrogens is 180 g/mol. The van der Waals surface area contributed by atoms with E-state index in [0.29, 0.717) is 18.9 Å². The van der Waals surface area contributed by atoms with E-state index in [4.69, 9.17) is 10.00 Å². The smallest absolute Gasteiger partial charge is 0.229 e. The minimum absolute atomic E-state index is 0.0521. The fourth-order valence-electron chi connectivity index (χ4n) is 2.06. The maximum absolute atomic E-state index is 11.8. The molecule has 1 N–H and O–H groups in total. The van der Waals surface area contributed by atoms with Gasteiger partial charge in [-0.25, -0.2) is 0 Å². The lowest BCUT2D eigenvalue weighted by Crippen LogP contribution is -2.39. The standard InChI is InChI=1S/C10H14N2O2/c1-7(2-3-11)12-9(13)10-4-8(10)5-14-6-10/h7-8H,2,4-6H2,1H3,(H,12,13). The number of ether oxygens (including phenoxy) is 1. The second kappa shape index (κ2) is 3.25. The minimum Gasteiger partial charge on any atom is -0.380 e. The van der Waals surface area contributed by atoms with Gasteiger partial charge in [-0.2, -0.15) is 5.26 Å². The van der Waals surface area contributed by atoms with Gasteiger partial charge < -0.3 is 10.1 Å². The zero-order valence-corrected chi connectivity index (χ0v) is 8.25. The van der Waals surface area contributed by atoms with Crippen LogP contribution >= 0.6 is 0 Å². The van der Waals surface area contributed by atoms with Gasteiger partial charge in [0.15, 0.2) is 0 Å². The predicted molar refractivity (Wildman–Crippen MR) is 49.2 cm³/mol. The van der Waals surface area contributed by atoms with Crippen LogP contribution in [0.25, 0.3) is 0 Å². The van der Waals surface area contributed by atoms with E-state index >= 15 is 0 Å². The van der Waals surface area contributed by atoms with Gasteiger partial charge in [0, 0.05) is 12.0 Å². The third-order valence-electron chi connectivity index (χ3n) is 3.14. The number of nitriles is 1. The summed E-state index contributed by atoms with van der Waals surface area (Å²) in [4.78, 5) is 11.8. The first-order chi connectivity index (χ1) is 6.69. The van der Waals surface area contributed by atoms with Crippen molar-refractivity contribution in [1.82, 2.24) is 5.32 Å². The highest BCUT2D eigenvalue weighted by molar-refractivity contribution is 5.86. The monoisotopic (exact) mass is 194 g/mol. The normalized spacial score (nSPS) is 35.6. The number of carbonyl (C=O) groups is 1. The molecule has 3 unspecified atom stereocenters. The van der Waals surface area contributed by atoms with Crippen molar-refractivity contribution >= 4 is 5.91 Å². The van der Waals surface area contributed by atoms with Crippen LogP contribution in [-0.2, 0) is 9.53 Å². The van der Waals surface area contributed by atoms with Crippen LogP contribution in [0.3, 0.4) is 0 Å². The molecule has 0 aromatic rings. The predicted octanol–water partition coefficient (Wildman–Crippen LogP) is 0.441. The van der Waals surface area contributed by atoms with Crippen LogP contribution in [0.4, 0.5) is 0 Å². The maximum atomic E-state index is 11.8. The Hall–Kier alpha value is -1.08. The Labute approximate surface area is 83.2 Å². The van der Waals surface area contributed by atoms with E-state index in [2.05, 4.69) is 5.32 Å². The SMILES string of the molecule is CC(CC#N)NC(=O)C12COCC1C2. The van der Waals surface area contributed by atoms with E-state index in [1.54, 1.807) is 0 Å². The van der Waals surface area contributed by atoms with E-state index in [1.807, 2.05) is 13.0 Å². The lowest BCUT2D eigenvalue weighted by molar-refractivity contribution is -0.127. The highest BCUT2D eigenvalue weighted by Crippen LogP contribution is 2.56. The quantitative estimate of drug-likeness (QED) is 0.709. The molecule has 2 fully saturated rings. The maximum Gasteiger partial charge on any atom is 0.229 e. The molecule has 1 saturated carbocycles. The summed E-state index contributed by atoms with van der Waals surface area (Å²) >= 11 is 0. The molecule has 76 valence electrons. The Balaban J connectivity index is 1.88. The first-order valence-electron chi connectivity index (χ1n) is 4.95. The fraction of sp³-hybridized carbons (Fsp3) is 0.800. The molecule has 0 radical (unpaired) electrons. The summed E-state index contributed by atoms with van der Waals surface area (Å²) in [5.41, 5.74) is -0.232. The average Bonchev–Trinajstić information content (AvgIpc) is 2.70. The van der Waals surface area contributed by atoms with Crippen LogP contribution in [0.1, 0.15) is 19.8 Å². The van der Waals surface area contributed by atoms with E-state index in [1.165, 1.54) is 0 Å². The van der Waals surface area contributed by atoms with Gasteiger partial charge in [0.2, 0.25) is 5.91 Å². The summed E-state index contributed by atoms with van der Waals surface area (Å²) in [7, 11) is 0. The molecule has 4 heteroatoms. The van der Waals surface area contributed by atoms with Crippen molar-refractivity contribution in [2.24, 2.45) is 11.3 Å².